The highest BCUT2D eigenvalue weighted by molar-refractivity contribution is 6.02. The lowest BCUT2D eigenvalue weighted by Gasteiger charge is -2.17. The SMILES string of the molecule is C=CCc1cc(/C=C(/C#N)C(=O)N[C@H](C)c2ccccc2)cc(OCC)c1OCc1cccc([N+](=O)[O-])c1. The lowest BCUT2D eigenvalue weighted by molar-refractivity contribution is -0.384. The van der Waals surface area contributed by atoms with Crippen LogP contribution < -0.4 is 14.8 Å². The third-order valence-electron chi connectivity index (χ3n) is 5.65. The van der Waals surface area contributed by atoms with Crippen LogP contribution in [0.15, 0.2) is 85.0 Å². The lowest BCUT2D eigenvalue weighted by atomic mass is 10.0. The minimum atomic E-state index is -0.488. The summed E-state index contributed by atoms with van der Waals surface area (Å²) in [5.74, 6) is 0.410. The summed E-state index contributed by atoms with van der Waals surface area (Å²) < 4.78 is 11.9. The molecular weight excluding hydrogens is 482 g/mol. The van der Waals surface area contributed by atoms with Crippen molar-refractivity contribution in [2.75, 3.05) is 6.61 Å². The molecule has 0 radical (unpaired) electrons. The molecule has 8 heteroatoms. The van der Waals surface area contributed by atoms with Crippen molar-refractivity contribution in [2.24, 2.45) is 0 Å². The number of nitriles is 1. The van der Waals surface area contributed by atoms with Crippen molar-refractivity contribution in [3.05, 3.63) is 117 Å². The van der Waals surface area contributed by atoms with Crippen LogP contribution in [0.2, 0.25) is 0 Å². The van der Waals surface area contributed by atoms with E-state index in [0.717, 1.165) is 11.1 Å². The number of allylic oxidation sites excluding steroid dienone is 1. The van der Waals surface area contributed by atoms with Gasteiger partial charge in [-0.25, -0.2) is 0 Å². The lowest BCUT2D eigenvalue weighted by Crippen LogP contribution is -2.27. The maximum Gasteiger partial charge on any atom is 0.269 e. The van der Waals surface area contributed by atoms with Crippen molar-refractivity contribution in [2.45, 2.75) is 32.9 Å². The van der Waals surface area contributed by atoms with Crippen molar-refractivity contribution in [1.82, 2.24) is 5.32 Å². The number of hydrogen-bond donors (Lipinski definition) is 1. The number of non-ortho nitro benzene ring substituents is 1. The third-order valence-corrected chi connectivity index (χ3v) is 5.65. The summed E-state index contributed by atoms with van der Waals surface area (Å²) in [5, 5.41) is 23.7. The van der Waals surface area contributed by atoms with Crippen LogP contribution in [-0.2, 0) is 17.8 Å². The monoisotopic (exact) mass is 511 g/mol. The van der Waals surface area contributed by atoms with Crippen LogP contribution in [0.5, 0.6) is 11.5 Å². The number of rotatable bonds is 12. The summed E-state index contributed by atoms with van der Waals surface area (Å²) in [5.41, 5.74) is 2.81. The molecule has 0 fully saturated rings. The van der Waals surface area contributed by atoms with Gasteiger partial charge in [-0.1, -0.05) is 48.5 Å². The third kappa shape index (κ3) is 7.31. The Morgan fingerprint density at radius 2 is 1.92 bits per heavy atom. The molecule has 1 N–H and O–H groups in total. The number of nitrogens with zero attached hydrogens (tertiary/aromatic N) is 2. The molecule has 0 spiro atoms. The Balaban J connectivity index is 1.90. The van der Waals surface area contributed by atoms with Gasteiger partial charge in [0.25, 0.3) is 11.6 Å². The van der Waals surface area contributed by atoms with E-state index in [1.807, 2.05) is 50.2 Å². The zero-order chi connectivity index (χ0) is 27.5. The van der Waals surface area contributed by atoms with E-state index in [2.05, 4.69) is 11.9 Å². The van der Waals surface area contributed by atoms with Gasteiger partial charge in [0.05, 0.1) is 17.6 Å². The Bertz CT molecular complexity index is 1380. The first-order chi connectivity index (χ1) is 18.4. The summed E-state index contributed by atoms with van der Waals surface area (Å²) in [7, 11) is 0. The molecule has 0 aliphatic heterocycles. The average Bonchev–Trinajstić information content (AvgIpc) is 2.92. The van der Waals surface area contributed by atoms with E-state index in [-0.39, 0.29) is 23.9 Å². The van der Waals surface area contributed by atoms with Crippen molar-refractivity contribution in [3.8, 4) is 17.6 Å². The van der Waals surface area contributed by atoms with E-state index in [1.165, 1.54) is 18.2 Å². The van der Waals surface area contributed by atoms with E-state index < -0.39 is 10.8 Å². The zero-order valence-electron chi connectivity index (χ0n) is 21.3. The first kappa shape index (κ1) is 27.7. The highest BCUT2D eigenvalue weighted by atomic mass is 16.6. The quantitative estimate of drug-likeness (QED) is 0.104. The normalized spacial score (nSPS) is 11.7. The Kier molecular flexibility index (Phi) is 9.78. The minimum Gasteiger partial charge on any atom is -0.490 e. The maximum absolute atomic E-state index is 12.9. The molecule has 3 rings (SSSR count). The molecule has 0 aliphatic carbocycles. The van der Waals surface area contributed by atoms with Crippen molar-refractivity contribution in [3.63, 3.8) is 0 Å². The molecular formula is C30H29N3O5. The second-order valence-electron chi connectivity index (χ2n) is 8.42. The van der Waals surface area contributed by atoms with Crippen LogP contribution in [0.4, 0.5) is 5.69 Å². The van der Waals surface area contributed by atoms with Crippen LogP contribution in [0.3, 0.4) is 0 Å². The molecule has 0 heterocycles. The predicted molar refractivity (Wildman–Crippen MR) is 146 cm³/mol. The van der Waals surface area contributed by atoms with Gasteiger partial charge in [-0.15, -0.1) is 6.58 Å². The van der Waals surface area contributed by atoms with E-state index >= 15 is 0 Å². The van der Waals surface area contributed by atoms with Gasteiger partial charge < -0.3 is 14.8 Å². The van der Waals surface area contributed by atoms with E-state index in [9.17, 15) is 20.2 Å². The zero-order valence-corrected chi connectivity index (χ0v) is 21.3. The fraction of sp³-hybridized carbons (Fsp3) is 0.200. The van der Waals surface area contributed by atoms with Gasteiger partial charge in [-0.3, -0.25) is 14.9 Å². The second kappa shape index (κ2) is 13.4. The van der Waals surface area contributed by atoms with Crippen LogP contribution >= 0.6 is 0 Å². The molecule has 194 valence electrons. The van der Waals surface area contributed by atoms with E-state index in [0.29, 0.717) is 35.7 Å². The Labute approximate surface area is 222 Å². The average molecular weight is 512 g/mol. The minimum absolute atomic E-state index is 0.0215. The molecule has 0 unspecified atom stereocenters. The van der Waals surface area contributed by atoms with Gasteiger partial charge in [0.1, 0.15) is 18.2 Å². The van der Waals surface area contributed by atoms with Crippen LogP contribution in [-0.4, -0.2) is 17.4 Å². The summed E-state index contributed by atoms with van der Waals surface area (Å²) >= 11 is 0. The number of carbonyl (C=O) groups excluding carboxylic acids is 1. The highest BCUT2D eigenvalue weighted by Gasteiger charge is 2.17. The second-order valence-corrected chi connectivity index (χ2v) is 8.42. The Morgan fingerprint density at radius 1 is 1.16 bits per heavy atom. The number of ether oxygens (including phenoxy) is 2. The number of nitro benzene ring substituents is 1. The topological polar surface area (TPSA) is 114 Å². The summed E-state index contributed by atoms with van der Waals surface area (Å²) in [6, 6.07) is 20.9. The largest absolute Gasteiger partial charge is 0.490 e. The molecule has 8 nitrogen and oxygen atoms in total. The molecule has 0 bridgehead atoms. The number of nitrogens with one attached hydrogen (secondary N) is 1. The molecule has 38 heavy (non-hydrogen) atoms. The van der Waals surface area contributed by atoms with Crippen LogP contribution in [0.25, 0.3) is 6.08 Å². The predicted octanol–water partition coefficient (Wildman–Crippen LogP) is 6.09. The van der Waals surface area contributed by atoms with Crippen molar-refractivity contribution < 1.29 is 19.2 Å². The van der Waals surface area contributed by atoms with Crippen LogP contribution in [0, 0.1) is 21.4 Å². The fourth-order valence-corrected chi connectivity index (χ4v) is 3.83. The maximum atomic E-state index is 12.9. The van der Waals surface area contributed by atoms with Crippen molar-refractivity contribution >= 4 is 17.7 Å². The molecule has 0 saturated heterocycles. The van der Waals surface area contributed by atoms with Crippen LogP contribution in [0.1, 0.15) is 42.1 Å². The first-order valence-corrected chi connectivity index (χ1v) is 12.1. The summed E-state index contributed by atoms with van der Waals surface area (Å²) in [4.78, 5) is 23.5. The smallest absolute Gasteiger partial charge is 0.269 e. The van der Waals surface area contributed by atoms with Gasteiger partial charge in [0, 0.05) is 17.7 Å². The number of hydrogen-bond acceptors (Lipinski definition) is 6. The molecule has 0 aliphatic rings. The highest BCUT2D eigenvalue weighted by Crippen LogP contribution is 2.35. The first-order valence-electron chi connectivity index (χ1n) is 12.1. The number of amides is 1. The van der Waals surface area contributed by atoms with Gasteiger partial charge in [-0.05, 0) is 55.2 Å². The standard InChI is InChI=1S/C30H29N3O5/c1-4-10-25-15-23(16-26(19-31)30(34)32-21(3)24-12-7-6-8-13-24)18-28(37-5-2)29(25)38-20-22-11-9-14-27(17-22)33(35)36/h4,6-9,11-18,21H,1,5,10,20H2,2-3H3,(H,32,34)/b26-16-/t21-/m1/s1. The molecule has 0 saturated carbocycles. The molecule has 3 aromatic rings. The summed E-state index contributed by atoms with van der Waals surface area (Å²) in [6.45, 7) is 7.94. The van der Waals surface area contributed by atoms with Gasteiger partial charge in [-0.2, -0.15) is 5.26 Å². The van der Waals surface area contributed by atoms with Gasteiger partial charge in [0.2, 0.25) is 0 Å². The number of benzene rings is 3. The van der Waals surface area contributed by atoms with Crippen molar-refractivity contribution in [1.29, 1.82) is 5.26 Å². The number of carbonyl (C=O) groups is 1. The van der Waals surface area contributed by atoms with E-state index in [4.69, 9.17) is 9.47 Å². The molecule has 3 aromatic carbocycles. The molecule has 1 atom stereocenters. The van der Waals surface area contributed by atoms with Gasteiger partial charge >= 0.3 is 0 Å². The van der Waals surface area contributed by atoms with E-state index in [1.54, 1.807) is 30.3 Å². The summed E-state index contributed by atoms with van der Waals surface area (Å²) in [6.07, 6.45) is 3.65. The van der Waals surface area contributed by atoms with Gasteiger partial charge in [0.15, 0.2) is 11.5 Å². The fourth-order valence-electron chi connectivity index (χ4n) is 3.83. The molecule has 1 amide bonds. The molecule has 0 aromatic heterocycles. The Morgan fingerprint density at radius 3 is 2.58 bits per heavy atom. The number of nitro groups is 1. The Hall–Kier alpha value is -4.90.